The summed E-state index contributed by atoms with van der Waals surface area (Å²) in [6.07, 6.45) is 9.68. The van der Waals surface area contributed by atoms with Gasteiger partial charge < -0.3 is 39.2 Å². The molecule has 14 heteroatoms. The van der Waals surface area contributed by atoms with E-state index in [9.17, 15) is 15.3 Å². The Hall–Kier alpha value is -3.95. The summed E-state index contributed by atoms with van der Waals surface area (Å²) < 4.78 is 56.9. The summed E-state index contributed by atoms with van der Waals surface area (Å²) in [5, 5.41) is 33.5. The van der Waals surface area contributed by atoms with Gasteiger partial charge in [0.2, 0.25) is 5.88 Å². The zero-order chi connectivity index (χ0) is 40.4. The Morgan fingerprint density at radius 1 is 1.02 bits per heavy atom. The van der Waals surface area contributed by atoms with Gasteiger partial charge in [0, 0.05) is 42.8 Å². The van der Waals surface area contributed by atoms with E-state index in [1.807, 2.05) is 6.92 Å². The lowest BCUT2D eigenvalue weighted by molar-refractivity contribution is -0.112. The van der Waals surface area contributed by atoms with E-state index in [1.54, 1.807) is 17.9 Å². The number of aromatic hydroxyl groups is 1. The highest BCUT2D eigenvalue weighted by atomic mass is 19.1. The largest absolute Gasteiger partial charge is 0.508 e. The van der Waals surface area contributed by atoms with Crippen molar-refractivity contribution in [2.75, 3.05) is 64.7 Å². The van der Waals surface area contributed by atoms with Gasteiger partial charge in [-0.3, -0.25) is 4.90 Å². The van der Waals surface area contributed by atoms with Crippen LogP contribution in [0.25, 0.3) is 32.9 Å². The molecule has 2 aromatic heterocycles. The van der Waals surface area contributed by atoms with Crippen molar-refractivity contribution in [3.63, 3.8) is 0 Å². The number of methoxy groups -OCH3 is 1. The quantitative estimate of drug-likeness (QED) is 0.174. The first kappa shape index (κ1) is 39.5. The first-order valence-corrected chi connectivity index (χ1v) is 21.0. The smallest absolute Gasteiger partial charge is 0.319 e. The van der Waals surface area contributed by atoms with Gasteiger partial charge in [0.1, 0.15) is 39.6 Å². The summed E-state index contributed by atoms with van der Waals surface area (Å²) in [4.78, 5) is 18.9. The molecule has 3 N–H and O–H groups in total. The Labute approximate surface area is 337 Å². The lowest BCUT2D eigenvalue weighted by Crippen LogP contribution is -2.61. The van der Waals surface area contributed by atoms with Gasteiger partial charge in [-0.2, -0.15) is 9.97 Å². The van der Waals surface area contributed by atoms with Crippen molar-refractivity contribution in [3.8, 4) is 28.9 Å². The normalized spacial score (nSPS) is 27.8. The monoisotopic (exact) mass is 803 g/mol. The van der Waals surface area contributed by atoms with Crippen LogP contribution in [0.4, 0.5) is 14.6 Å². The number of fused-ring (bicyclic) bond motifs is 3. The third-order valence-electron chi connectivity index (χ3n) is 14.0. The number of halogens is 2. The molecule has 5 aliphatic rings. The van der Waals surface area contributed by atoms with Crippen LogP contribution in [-0.4, -0.2) is 119 Å². The van der Waals surface area contributed by atoms with Crippen LogP contribution < -0.4 is 14.4 Å². The van der Waals surface area contributed by atoms with Crippen molar-refractivity contribution in [1.82, 2.24) is 19.9 Å². The summed E-state index contributed by atoms with van der Waals surface area (Å²) in [6, 6.07) is 6.68. The Morgan fingerprint density at radius 2 is 1.81 bits per heavy atom. The van der Waals surface area contributed by atoms with E-state index in [0.29, 0.717) is 46.9 Å². The Kier molecular flexibility index (Phi) is 10.4. The number of pyridine rings is 1. The van der Waals surface area contributed by atoms with Crippen LogP contribution in [0.3, 0.4) is 0 Å². The van der Waals surface area contributed by atoms with E-state index < -0.39 is 23.3 Å². The van der Waals surface area contributed by atoms with Crippen molar-refractivity contribution in [2.24, 2.45) is 10.8 Å². The standard InChI is InChI=1S/C44H55F2N5O7/c1-4-30-32(45)9-8-26-17-28(53)18-31(34(26)30)37-36(46)38-35(40(47-37)55-3)39(50-21-29(22-52)57-24-42(2,54)23-50)49-41(48-38)58-25-44-10-5-7-33(44)51(14-6-11-44)27-19-43(20-27)12-15-56-16-13-43/h8-9,17-18,27,29,33,52-54H,4-7,10-16,19-25H2,1-3H3/t29-,33-,42+,44-/m1/s1. The molecule has 9 rings (SSSR count). The number of aliphatic hydroxyl groups is 2. The second kappa shape index (κ2) is 15.3. The molecule has 0 amide bonds. The number of rotatable bonds is 9. The molecule has 5 fully saturated rings. The number of phenolic OH excluding ortho intramolecular Hbond substituents is 1. The number of benzene rings is 2. The minimum Gasteiger partial charge on any atom is -0.508 e. The van der Waals surface area contributed by atoms with E-state index in [0.717, 1.165) is 64.7 Å². The average molecular weight is 804 g/mol. The molecule has 0 unspecified atom stereocenters. The number of likely N-dealkylation sites (tertiary alicyclic amines) is 1. The average Bonchev–Trinajstić information content (AvgIpc) is 3.58. The fourth-order valence-electron chi connectivity index (χ4n) is 11.1. The fraction of sp³-hybridized carbons (Fsp3) is 0.614. The van der Waals surface area contributed by atoms with Crippen molar-refractivity contribution in [1.29, 1.82) is 0 Å². The van der Waals surface area contributed by atoms with Crippen molar-refractivity contribution in [2.45, 2.75) is 102 Å². The molecule has 2 aromatic carbocycles. The third-order valence-corrected chi connectivity index (χ3v) is 14.0. The number of hydrogen-bond acceptors (Lipinski definition) is 12. The molecule has 3 aliphatic heterocycles. The zero-order valence-corrected chi connectivity index (χ0v) is 33.7. The molecular weight excluding hydrogens is 749 g/mol. The minimum absolute atomic E-state index is 0.00979. The van der Waals surface area contributed by atoms with E-state index >= 15 is 8.78 Å². The number of aliphatic hydroxyl groups excluding tert-OH is 1. The minimum atomic E-state index is -1.35. The van der Waals surface area contributed by atoms with Crippen LogP contribution in [0, 0.1) is 22.5 Å². The number of piperidine rings is 1. The number of hydrogen-bond donors (Lipinski definition) is 3. The summed E-state index contributed by atoms with van der Waals surface area (Å²) >= 11 is 0. The maximum Gasteiger partial charge on any atom is 0.319 e. The molecule has 4 aromatic rings. The molecule has 0 radical (unpaired) electrons. The zero-order valence-electron chi connectivity index (χ0n) is 33.7. The topological polar surface area (TPSA) is 143 Å². The lowest BCUT2D eigenvalue weighted by Gasteiger charge is -2.58. The van der Waals surface area contributed by atoms with Gasteiger partial charge in [0.15, 0.2) is 5.82 Å². The lowest BCUT2D eigenvalue weighted by atomic mass is 9.60. The number of phenols is 1. The van der Waals surface area contributed by atoms with Crippen molar-refractivity contribution >= 4 is 27.5 Å². The SMILES string of the molecule is CCc1c(F)ccc2cc(O)cc(-c3nc(OC)c4c(N5C[C@H](CO)OC[C@@](C)(O)C5)nc(OC[C@]56CCC[C@H]5N(C5CC7(CCOCC7)C5)CCC6)nc4c3F)c12. The molecule has 0 bridgehead atoms. The highest BCUT2D eigenvalue weighted by Gasteiger charge is 2.55. The van der Waals surface area contributed by atoms with E-state index in [1.165, 1.54) is 38.2 Å². The van der Waals surface area contributed by atoms with Crippen LogP contribution in [0.2, 0.25) is 0 Å². The van der Waals surface area contributed by atoms with Crippen LogP contribution >= 0.6 is 0 Å². The van der Waals surface area contributed by atoms with Gasteiger partial charge >= 0.3 is 6.01 Å². The molecule has 58 heavy (non-hydrogen) atoms. The van der Waals surface area contributed by atoms with Gasteiger partial charge in [-0.25, -0.2) is 13.8 Å². The molecule has 3 saturated heterocycles. The van der Waals surface area contributed by atoms with E-state index in [4.69, 9.17) is 28.9 Å². The van der Waals surface area contributed by atoms with Crippen molar-refractivity contribution in [3.05, 3.63) is 41.5 Å². The van der Waals surface area contributed by atoms with Gasteiger partial charge in [-0.05, 0) is 111 Å². The maximum absolute atomic E-state index is 17.5. The highest BCUT2D eigenvalue weighted by Crippen LogP contribution is 2.56. The first-order chi connectivity index (χ1) is 28.0. The Balaban J connectivity index is 1.14. The number of nitrogens with zero attached hydrogens (tertiary/aromatic N) is 5. The van der Waals surface area contributed by atoms with Gasteiger partial charge in [0.05, 0.1) is 39.6 Å². The fourth-order valence-corrected chi connectivity index (χ4v) is 11.1. The molecule has 5 heterocycles. The van der Waals surface area contributed by atoms with Crippen LogP contribution in [-0.2, 0) is 15.9 Å². The first-order valence-electron chi connectivity index (χ1n) is 21.0. The number of aryl methyl sites for hydroxylation is 1. The van der Waals surface area contributed by atoms with Crippen molar-refractivity contribution < 1.29 is 43.0 Å². The second-order valence-corrected chi connectivity index (χ2v) is 17.9. The summed E-state index contributed by atoms with van der Waals surface area (Å²) in [7, 11) is 1.41. The molecule has 2 aliphatic carbocycles. The molecule has 4 atom stereocenters. The Bertz CT molecular complexity index is 2190. The highest BCUT2D eigenvalue weighted by molar-refractivity contribution is 6.03. The number of β-amino-alcohol motifs (C(OH)–C–C–N with tert-alkyl or cyclic N) is 1. The molecular formula is C44H55F2N5O7. The van der Waals surface area contributed by atoms with Gasteiger partial charge in [-0.1, -0.05) is 19.4 Å². The maximum atomic E-state index is 17.5. The van der Waals surface area contributed by atoms with E-state index in [2.05, 4.69) is 9.88 Å². The van der Waals surface area contributed by atoms with Gasteiger partial charge in [-0.15, -0.1) is 0 Å². The second-order valence-electron chi connectivity index (χ2n) is 17.9. The third kappa shape index (κ3) is 6.92. The Morgan fingerprint density at radius 3 is 2.57 bits per heavy atom. The molecule has 1 spiro atoms. The summed E-state index contributed by atoms with van der Waals surface area (Å²) in [5.41, 5.74) is -0.819. The number of anilines is 1. The van der Waals surface area contributed by atoms with Gasteiger partial charge in [0.25, 0.3) is 0 Å². The summed E-state index contributed by atoms with van der Waals surface area (Å²) in [5.74, 6) is -1.21. The van der Waals surface area contributed by atoms with Crippen LogP contribution in [0.5, 0.6) is 17.6 Å². The predicted octanol–water partition coefficient (Wildman–Crippen LogP) is 6.32. The van der Waals surface area contributed by atoms with Crippen LogP contribution in [0.15, 0.2) is 24.3 Å². The van der Waals surface area contributed by atoms with Crippen LogP contribution in [0.1, 0.15) is 77.2 Å². The van der Waals surface area contributed by atoms with E-state index in [-0.39, 0.29) is 77.3 Å². The number of aromatic nitrogens is 3. The number of ether oxygens (including phenoxy) is 4. The molecule has 312 valence electrons. The predicted molar refractivity (Wildman–Crippen MR) is 214 cm³/mol. The molecule has 2 saturated carbocycles. The molecule has 12 nitrogen and oxygen atoms in total. The summed E-state index contributed by atoms with van der Waals surface area (Å²) in [6.45, 7) is 6.41.